The van der Waals surface area contributed by atoms with Crippen molar-refractivity contribution in [2.75, 3.05) is 0 Å². The van der Waals surface area contributed by atoms with Gasteiger partial charge in [-0.05, 0) is 23.3 Å². The fraction of sp³-hybridized carbons (Fsp3) is 0.125. The number of thiocarbonyl (C=S) groups is 1. The molecule has 21 heavy (non-hydrogen) atoms. The molecule has 2 aromatic carbocycles. The summed E-state index contributed by atoms with van der Waals surface area (Å²) in [6, 6.07) is 14.8. The van der Waals surface area contributed by atoms with E-state index in [0.717, 1.165) is 16.7 Å². The third-order valence-electron chi connectivity index (χ3n) is 2.98. The first-order valence-electron chi connectivity index (χ1n) is 6.44. The first-order chi connectivity index (χ1) is 10.0. The Labute approximate surface area is 134 Å². The zero-order chi connectivity index (χ0) is 15.2. The molecule has 0 aromatic heterocycles. The van der Waals surface area contributed by atoms with E-state index in [1.165, 1.54) is 0 Å². The molecular weight excluding hydrogens is 304 g/mol. The van der Waals surface area contributed by atoms with Gasteiger partial charge in [-0.25, -0.2) is 0 Å². The monoisotopic (exact) mass is 318 g/mol. The summed E-state index contributed by atoms with van der Waals surface area (Å²) in [6.45, 7) is 0.469. The SMILES string of the molecule is NC(=S)c1ccc(CNC(=O)Cc2cccc(Cl)c2)cc1. The molecule has 5 heteroatoms. The van der Waals surface area contributed by atoms with Crippen molar-refractivity contribution in [1.82, 2.24) is 5.32 Å². The van der Waals surface area contributed by atoms with E-state index >= 15 is 0 Å². The number of hydrogen-bond donors (Lipinski definition) is 2. The van der Waals surface area contributed by atoms with Gasteiger partial charge in [-0.15, -0.1) is 0 Å². The molecule has 0 heterocycles. The van der Waals surface area contributed by atoms with Crippen molar-refractivity contribution in [2.24, 2.45) is 5.73 Å². The zero-order valence-corrected chi connectivity index (χ0v) is 12.9. The van der Waals surface area contributed by atoms with Crippen molar-refractivity contribution >= 4 is 34.7 Å². The molecular formula is C16H15ClN2OS. The van der Waals surface area contributed by atoms with Crippen molar-refractivity contribution in [3.63, 3.8) is 0 Å². The zero-order valence-electron chi connectivity index (χ0n) is 11.3. The minimum Gasteiger partial charge on any atom is -0.389 e. The Morgan fingerprint density at radius 1 is 1.14 bits per heavy atom. The van der Waals surface area contributed by atoms with Crippen LogP contribution in [0.15, 0.2) is 48.5 Å². The van der Waals surface area contributed by atoms with E-state index in [-0.39, 0.29) is 5.91 Å². The first kappa shape index (κ1) is 15.5. The fourth-order valence-electron chi connectivity index (χ4n) is 1.88. The summed E-state index contributed by atoms with van der Waals surface area (Å²) in [5, 5.41) is 3.50. The van der Waals surface area contributed by atoms with Gasteiger partial charge >= 0.3 is 0 Å². The molecule has 0 radical (unpaired) electrons. The van der Waals surface area contributed by atoms with Crippen LogP contribution in [0.2, 0.25) is 5.02 Å². The molecule has 0 saturated heterocycles. The summed E-state index contributed by atoms with van der Waals surface area (Å²) >= 11 is 10.8. The van der Waals surface area contributed by atoms with Crippen molar-refractivity contribution in [3.05, 3.63) is 70.2 Å². The van der Waals surface area contributed by atoms with Crippen LogP contribution in [0.1, 0.15) is 16.7 Å². The quantitative estimate of drug-likeness (QED) is 0.834. The Balaban J connectivity index is 1.87. The molecule has 0 aliphatic heterocycles. The molecule has 1 amide bonds. The summed E-state index contributed by atoms with van der Waals surface area (Å²) < 4.78 is 0. The molecule has 0 bridgehead atoms. The predicted octanol–water partition coefficient (Wildman–Crippen LogP) is 2.83. The van der Waals surface area contributed by atoms with Crippen molar-refractivity contribution < 1.29 is 4.79 Å². The lowest BCUT2D eigenvalue weighted by molar-refractivity contribution is -0.120. The van der Waals surface area contributed by atoms with Crippen LogP contribution in [-0.2, 0) is 17.8 Å². The first-order valence-corrected chi connectivity index (χ1v) is 7.23. The lowest BCUT2D eigenvalue weighted by Gasteiger charge is -2.07. The number of carbonyl (C=O) groups is 1. The van der Waals surface area contributed by atoms with E-state index in [1.54, 1.807) is 12.1 Å². The van der Waals surface area contributed by atoms with E-state index in [2.05, 4.69) is 5.32 Å². The van der Waals surface area contributed by atoms with Crippen molar-refractivity contribution in [2.45, 2.75) is 13.0 Å². The molecule has 3 nitrogen and oxygen atoms in total. The van der Waals surface area contributed by atoms with Crippen molar-refractivity contribution in [1.29, 1.82) is 0 Å². The Kier molecular flexibility index (Phi) is 5.31. The standard InChI is InChI=1S/C16H15ClN2OS/c17-14-3-1-2-12(8-14)9-15(20)19-10-11-4-6-13(7-5-11)16(18)21/h1-8H,9-10H2,(H2,18,21)(H,19,20). The minimum absolute atomic E-state index is 0.0457. The molecule has 2 aromatic rings. The molecule has 3 N–H and O–H groups in total. The number of carbonyl (C=O) groups excluding carboxylic acids is 1. The van der Waals surface area contributed by atoms with Gasteiger partial charge < -0.3 is 11.1 Å². The largest absolute Gasteiger partial charge is 0.389 e. The Morgan fingerprint density at radius 3 is 2.48 bits per heavy atom. The van der Waals surface area contributed by atoms with Gasteiger partial charge in [0.05, 0.1) is 6.42 Å². The summed E-state index contributed by atoms with van der Waals surface area (Å²) in [5.41, 5.74) is 8.24. The van der Waals surface area contributed by atoms with Crippen LogP contribution in [0.3, 0.4) is 0 Å². The normalized spacial score (nSPS) is 10.1. The summed E-state index contributed by atoms with van der Waals surface area (Å²) in [4.78, 5) is 12.2. The Morgan fingerprint density at radius 2 is 1.86 bits per heavy atom. The second kappa shape index (κ2) is 7.20. The van der Waals surface area contributed by atoms with Gasteiger partial charge in [-0.1, -0.05) is 60.2 Å². The second-order valence-corrected chi connectivity index (χ2v) is 5.52. The van der Waals surface area contributed by atoms with Gasteiger partial charge in [0.1, 0.15) is 4.99 Å². The molecule has 2 rings (SSSR count). The van der Waals surface area contributed by atoms with Gasteiger partial charge in [-0.2, -0.15) is 0 Å². The van der Waals surface area contributed by atoms with Gasteiger partial charge in [0, 0.05) is 17.1 Å². The molecule has 0 aliphatic rings. The Hall–Kier alpha value is -1.91. The number of benzene rings is 2. The third kappa shape index (κ3) is 4.85. The van der Waals surface area contributed by atoms with E-state index in [9.17, 15) is 4.79 Å². The topological polar surface area (TPSA) is 55.1 Å². The van der Waals surface area contributed by atoms with Crippen molar-refractivity contribution in [3.8, 4) is 0 Å². The molecule has 0 fully saturated rings. The maximum Gasteiger partial charge on any atom is 0.224 e. The third-order valence-corrected chi connectivity index (χ3v) is 3.45. The molecule has 0 atom stereocenters. The van der Waals surface area contributed by atoms with E-state index in [0.29, 0.717) is 23.0 Å². The summed E-state index contributed by atoms with van der Waals surface area (Å²) in [6.07, 6.45) is 0.311. The maximum absolute atomic E-state index is 11.9. The molecule has 0 saturated carbocycles. The van der Waals surface area contributed by atoms with Crippen LogP contribution >= 0.6 is 23.8 Å². The number of hydrogen-bond acceptors (Lipinski definition) is 2. The highest BCUT2D eigenvalue weighted by Crippen LogP contribution is 2.11. The van der Waals surface area contributed by atoms with E-state index in [4.69, 9.17) is 29.6 Å². The lowest BCUT2D eigenvalue weighted by Crippen LogP contribution is -2.24. The molecule has 0 aliphatic carbocycles. The minimum atomic E-state index is -0.0457. The van der Waals surface area contributed by atoms with Crippen LogP contribution in [0.5, 0.6) is 0 Å². The lowest BCUT2D eigenvalue weighted by atomic mass is 10.1. The number of rotatable bonds is 5. The summed E-state index contributed by atoms with van der Waals surface area (Å²) in [7, 11) is 0. The van der Waals surface area contributed by atoms with Gasteiger partial charge in [0.15, 0.2) is 0 Å². The highest BCUT2D eigenvalue weighted by atomic mass is 35.5. The van der Waals surface area contributed by atoms with Gasteiger partial charge in [0.2, 0.25) is 5.91 Å². The van der Waals surface area contributed by atoms with Crippen LogP contribution in [0, 0.1) is 0 Å². The highest BCUT2D eigenvalue weighted by Gasteiger charge is 2.04. The van der Waals surface area contributed by atoms with E-state index < -0.39 is 0 Å². The highest BCUT2D eigenvalue weighted by molar-refractivity contribution is 7.80. The number of halogens is 1. The second-order valence-electron chi connectivity index (χ2n) is 4.64. The van der Waals surface area contributed by atoms with Crippen LogP contribution in [0.25, 0.3) is 0 Å². The van der Waals surface area contributed by atoms with Crippen LogP contribution in [-0.4, -0.2) is 10.9 Å². The molecule has 108 valence electrons. The average Bonchev–Trinajstić information content (AvgIpc) is 2.45. The van der Waals surface area contributed by atoms with Gasteiger partial charge in [-0.3, -0.25) is 4.79 Å². The van der Waals surface area contributed by atoms with Gasteiger partial charge in [0.25, 0.3) is 0 Å². The molecule has 0 unspecified atom stereocenters. The smallest absolute Gasteiger partial charge is 0.224 e. The van der Waals surface area contributed by atoms with E-state index in [1.807, 2.05) is 36.4 Å². The summed E-state index contributed by atoms with van der Waals surface area (Å²) in [5.74, 6) is -0.0457. The molecule has 0 spiro atoms. The number of nitrogens with two attached hydrogens (primary N) is 1. The Bertz CT molecular complexity index is 656. The van der Waals surface area contributed by atoms with Crippen LogP contribution < -0.4 is 11.1 Å². The fourth-order valence-corrected chi connectivity index (χ4v) is 2.23. The number of amides is 1. The maximum atomic E-state index is 11.9. The predicted molar refractivity (Wildman–Crippen MR) is 89.3 cm³/mol. The van der Waals surface area contributed by atoms with Crippen LogP contribution in [0.4, 0.5) is 0 Å². The number of nitrogens with one attached hydrogen (secondary N) is 1. The average molecular weight is 319 g/mol.